The van der Waals surface area contributed by atoms with E-state index >= 15 is 0 Å². The molecule has 2 fully saturated rings. The Balaban J connectivity index is 1.35. The van der Waals surface area contributed by atoms with Gasteiger partial charge in [-0.15, -0.1) is 0 Å². The number of Topliss-reactive ketones (excluding diaryl/α,β-unsaturated/α-hetero) is 1. The van der Waals surface area contributed by atoms with Crippen LogP contribution < -0.4 is 5.32 Å². The smallest absolute Gasteiger partial charge is 0.227 e. The fourth-order valence-corrected chi connectivity index (χ4v) is 5.14. The second-order valence-electron chi connectivity index (χ2n) is 9.01. The number of carbonyl (C=O) groups excluding carboxylic acids is 2. The molecule has 2 atom stereocenters. The monoisotopic (exact) mass is 426 g/mol. The maximum absolute atomic E-state index is 13.3. The van der Waals surface area contributed by atoms with Crippen LogP contribution in [-0.2, 0) is 4.79 Å². The Hall–Kier alpha value is -2.60. The summed E-state index contributed by atoms with van der Waals surface area (Å²) in [5.74, 6) is -0.276. The number of likely N-dealkylation sites (tertiary alicyclic amines) is 1. The van der Waals surface area contributed by atoms with Gasteiger partial charge in [-0.2, -0.15) is 0 Å². The van der Waals surface area contributed by atoms with E-state index in [1.165, 1.54) is 36.4 Å². The molecule has 0 bridgehead atoms. The van der Waals surface area contributed by atoms with Gasteiger partial charge in [-0.3, -0.25) is 9.59 Å². The molecule has 0 unspecified atom stereocenters. The minimum atomic E-state index is -0.443. The zero-order valence-corrected chi connectivity index (χ0v) is 17.7. The van der Waals surface area contributed by atoms with Gasteiger partial charge in [0.1, 0.15) is 11.6 Å². The van der Waals surface area contributed by atoms with Gasteiger partial charge < -0.3 is 10.2 Å². The van der Waals surface area contributed by atoms with Crippen molar-refractivity contribution in [2.75, 3.05) is 26.2 Å². The van der Waals surface area contributed by atoms with E-state index in [1.807, 2.05) is 0 Å². The molecule has 1 N–H and O–H groups in total. The third-order valence-electron chi connectivity index (χ3n) is 6.88. The molecule has 0 saturated carbocycles. The first-order valence-electron chi connectivity index (χ1n) is 10.9. The van der Waals surface area contributed by atoms with Crippen molar-refractivity contribution in [2.45, 2.75) is 32.1 Å². The fraction of sp³-hybridized carbons (Fsp3) is 0.440. The van der Waals surface area contributed by atoms with Crippen LogP contribution in [0.25, 0.3) is 0 Å². The summed E-state index contributed by atoms with van der Waals surface area (Å²) in [4.78, 5) is 27.6. The van der Waals surface area contributed by atoms with Gasteiger partial charge in [0.2, 0.25) is 5.91 Å². The zero-order valence-electron chi connectivity index (χ0n) is 17.7. The molecule has 2 aromatic carbocycles. The molecule has 1 amide bonds. The summed E-state index contributed by atoms with van der Waals surface area (Å²) in [5.41, 5.74) is 1.10. The molecule has 2 saturated heterocycles. The summed E-state index contributed by atoms with van der Waals surface area (Å²) in [6.45, 7) is 5.01. The predicted octanol–water partition coefficient (Wildman–Crippen LogP) is 4.17. The van der Waals surface area contributed by atoms with E-state index in [9.17, 15) is 18.4 Å². The molecule has 2 aromatic rings. The quantitative estimate of drug-likeness (QED) is 0.706. The summed E-state index contributed by atoms with van der Waals surface area (Å²) in [6.07, 6.45) is 1.91. The minimum Gasteiger partial charge on any atom is -0.355 e. The van der Waals surface area contributed by atoms with Gasteiger partial charge in [0.05, 0.1) is 5.41 Å². The number of hydrogen-bond acceptors (Lipinski definition) is 3. The third-order valence-corrected chi connectivity index (χ3v) is 6.88. The van der Waals surface area contributed by atoms with Crippen LogP contribution in [0.5, 0.6) is 0 Å². The maximum atomic E-state index is 13.3. The predicted molar refractivity (Wildman–Crippen MR) is 115 cm³/mol. The SMILES string of the molecule is C[C@H](CC(=O)c1ccc(F)cc1)CN1CCC2(CC1)C(=O)NC[C@@H]2c1ccc(F)cc1. The third kappa shape index (κ3) is 4.54. The van der Waals surface area contributed by atoms with Crippen molar-refractivity contribution in [3.8, 4) is 0 Å². The van der Waals surface area contributed by atoms with Crippen molar-refractivity contribution in [1.29, 1.82) is 0 Å². The lowest BCUT2D eigenvalue weighted by molar-refractivity contribution is -0.130. The van der Waals surface area contributed by atoms with E-state index in [2.05, 4.69) is 17.1 Å². The number of carbonyl (C=O) groups is 2. The first kappa shape index (κ1) is 21.6. The van der Waals surface area contributed by atoms with Gasteiger partial charge in [0.25, 0.3) is 0 Å². The highest BCUT2D eigenvalue weighted by molar-refractivity contribution is 5.96. The average molecular weight is 427 g/mol. The van der Waals surface area contributed by atoms with E-state index in [0.717, 1.165) is 38.0 Å². The minimum absolute atomic E-state index is 0.0209. The number of nitrogens with zero attached hydrogens (tertiary/aromatic N) is 1. The summed E-state index contributed by atoms with van der Waals surface area (Å²) in [7, 11) is 0. The van der Waals surface area contributed by atoms with Gasteiger partial charge in [-0.05, 0) is 73.8 Å². The van der Waals surface area contributed by atoms with Crippen molar-refractivity contribution in [2.24, 2.45) is 11.3 Å². The van der Waals surface area contributed by atoms with Crippen LogP contribution in [-0.4, -0.2) is 42.8 Å². The van der Waals surface area contributed by atoms with E-state index in [-0.39, 0.29) is 35.2 Å². The van der Waals surface area contributed by atoms with Crippen LogP contribution in [0.15, 0.2) is 48.5 Å². The number of piperidine rings is 1. The van der Waals surface area contributed by atoms with Crippen LogP contribution in [0.1, 0.15) is 48.0 Å². The van der Waals surface area contributed by atoms with Crippen molar-refractivity contribution >= 4 is 11.7 Å². The maximum Gasteiger partial charge on any atom is 0.227 e. The molecule has 6 heteroatoms. The Kier molecular flexibility index (Phi) is 6.19. The Morgan fingerprint density at radius 2 is 1.65 bits per heavy atom. The normalized spacial score (nSPS) is 21.8. The number of amides is 1. The topological polar surface area (TPSA) is 49.4 Å². The molecule has 2 aliphatic rings. The number of nitrogens with one attached hydrogen (secondary N) is 1. The molecule has 1 spiro atoms. The standard InChI is InChI=1S/C25H28F2N2O2/c1-17(14-23(30)19-4-8-21(27)9-5-19)16-29-12-10-25(11-13-29)22(15-28-24(25)31)18-2-6-20(26)7-3-18/h2-9,17,22H,10-16H2,1H3,(H,28,31)/t17-,22-/m1/s1. The van der Waals surface area contributed by atoms with E-state index in [0.29, 0.717) is 18.5 Å². The second-order valence-corrected chi connectivity index (χ2v) is 9.01. The molecule has 4 rings (SSSR count). The van der Waals surface area contributed by atoms with Crippen LogP contribution >= 0.6 is 0 Å². The van der Waals surface area contributed by atoms with E-state index < -0.39 is 5.41 Å². The molecular weight excluding hydrogens is 398 g/mol. The van der Waals surface area contributed by atoms with Gasteiger partial charge in [0, 0.05) is 31.0 Å². The number of benzene rings is 2. The second kappa shape index (κ2) is 8.87. The molecule has 164 valence electrons. The molecule has 2 aliphatic heterocycles. The van der Waals surface area contributed by atoms with Crippen molar-refractivity contribution < 1.29 is 18.4 Å². The van der Waals surface area contributed by atoms with Crippen molar-refractivity contribution in [3.63, 3.8) is 0 Å². The molecule has 0 aliphatic carbocycles. The Morgan fingerprint density at radius 1 is 1.06 bits per heavy atom. The molecule has 2 heterocycles. The van der Waals surface area contributed by atoms with Crippen LogP contribution in [0.2, 0.25) is 0 Å². The zero-order chi connectivity index (χ0) is 22.0. The Bertz CT molecular complexity index is 935. The number of halogens is 2. The number of hydrogen-bond donors (Lipinski definition) is 1. The van der Waals surface area contributed by atoms with Gasteiger partial charge in [-0.25, -0.2) is 8.78 Å². The lowest BCUT2D eigenvalue weighted by Gasteiger charge is -2.41. The lowest BCUT2D eigenvalue weighted by Crippen LogP contribution is -2.47. The first-order valence-corrected chi connectivity index (χ1v) is 10.9. The van der Waals surface area contributed by atoms with E-state index in [4.69, 9.17) is 0 Å². The van der Waals surface area contributed by atoms with Gasteiger partial charge in [0.15, 0.2) is 5.78 Å². The first-order chi connectivity index (χ1) is 14.9. The highest BCUT2D eigenvalue weighted by Crippen LogP contribution is 2.47. The molecular formula is C25H28F2N2O2. The van der Waals surface area contributed by atoms with Crippen LogP contribution in [0.3, 0.4) is 0 Å². The summed E-state index contributed by atoms with van der Waals surface area (Å²) in [6, 6.07) is 12.2. The fourth-order valence-electron chi connectivity index (χ4n) is 5.14. The highest BCUT2D eigenvalue weighted by Gasteiger charge is 2.51. The molecule has 31 heavy (non-hydrogen) atoms. The summed E-state index contributed by atoms with van der Waals surface area (Å²) >= 11 is 0. The highest BCUT2D eigenvalue weighted by atomic mass is 19.1. The number of rotatable bonds is 6. The van der Waals surface area contributed by atoms with Crippen molar-refractivity contribution in [1.82, 2.24) is 10.2 Å². The van der Waals surface area contributed by atoms with Crippen LogP contribution in [0, 0.1) is 23.0 Å². The van der Waals surface area contributed by atoms with Gasteiger partial charge in [-0.1, -0.05) is 19.1 Å². The molecule has 4 nitrogen and oxygen atoms in total. The Morgan fingerprint density at radius 3 is 2.26 bits per heavy atom. The summed E-state index contributed by atoms with van der Waals surface area (Å²) in [5, 5.41) is 3.02. The number of ketones is 1. The van der Waals surface area contributed by atoms with Crippen molar-refractivity contribution in [3.05, 3.63) is 71.3 Å². The molecule has 0 aromatic heterocycles. The average Bonchev–Trinajstić information content (AvgIpc) is 3.06. The van der Waals surface area contributed by atoms with E-state index in [1.54, 1.807) is 12.1 Å². The molecule has 0 radical (unpaired) electrons. The van der Waals surface area contributed by atoms with Crippen LogP contribution in [0.4, 0.5) is 8.78 Å². The summed E-state index contributed by atoms with van der Waals surface area (Å²) < 4.78 is 26.4. The largest absolute Gasteiger partial charge is 0.355 e. The Labute approximate surface area is 181 Å². The van der Waals surface area contributed by atoms with Gasteiger partial charge >= 0.3 is 0 Å². The lowest BCUT2D eigenvalue weighted by atomic mass is 9.68.